The van der Waals surface area contributed by atoms with Gasteiger partial charge in [0.25, 0.3) is 0 Å². The molecule has 2 aromatic rings. The molecule has 1 N–H and O–H groups in total. The molecule has 0 bridgehead atoms. The summed E-state index contributed by atoms with van der Waals surface area (Å²) in [6.45, 7) is 0. The summed E-state index contributed by atoms with van der Waals surface area (Å²) in [4.78, 5) is 15.4. The van der Waals surface area contributed by atoms with E-state index in [-0.39, 0.29) is 6.42 Å². The Balaban J connectivity index is 2.03. The quantitative estimate of drug-likeness (QED) is 0.902. The lowest BCUT2D eigenvalue weighted by Crippen LogP contribution is -2.13. The van der Waals surface area contributed by atoms with E-state index in [1.165, 1.54) is 19.3 Å². The normalized spacial score (nSPS) is 15.8. The molecule has 0 radical (unpaired) electrons. The summed E-state index contributed by atoms with van der Waals surface area (Å²) in [5.74, 6) is 0.929. The molecule has 1 aromatic carbocycles. The van der Waals surface area contributed by atoms with Gasteiger partial charge in [0.2, 0.25) is 0 Å². The minimum Gasteiger partial charge on any atom is -0.481 e. The van der Waals surface area contributed by atoms with E-state index in [0.29, 0.717) is 5.92 Å². The Morgan fingerprint density at radius 1 is 1.50 bits per heavy atom. The summed E-state index contributed by atoms with van der Waals surface area (Å²) >= 11 is 0. The predicted molar refractivity (Wildman–Crippen MR) is 68.6 cm³/mol. The summed E-state index contributed by atoms with van der Waals surface area (Å²) in [5.41, 5.74) is 2.82. The molecule has 4 heteroatoms. The van der Waals surface area contributed by atoms with Gasteiger partial charge >= 0.3 is 5.97 Å². The molecular weight excluding hydrogens is 228 g/mol. The molecule has 3 rings (SSSR count). The minimum absolute atomic E-state index is 0.0608. The highest BCUT2D eigenvalue weighted by atomic mass is 16.4. The van der Waals surface area contributed by atoms with E-state index in [1.807, 2.05) is 25.2 Å². The smallest absolute Gasteiger partial charge is 0.307 e. The van der Waals surface area contributed by atoms with Crippen LogP contribution in [-0.2, 0) is 18.3 Å². The second-order valence-electron chi connectivity index (χ2n) is 5.05. The van der Waals surface area contributed by atoms with E-state index in [9.17, 15) is 4.79 Å². The van der Waals surface area contributed by atoms with Crippen LogP contribution >= 0.6 is 0 Å². The van der Waals surface area contributed by atoms with Gasteiger partial charge in [-0.2, -0.15) is 0 Å². The summed E-state index contributed by atoms with van der Waals surface area (Å²) in [7, 11) is 2.04. The Kier molecular flexibility index (Phi) is 2.58. The zero-order valence-electron chi connectivity index (χ0n) is 10.4. The maximum absolute atomic E-state index is 10.7. The Hall–Kier alpha value is -1.84. The maximum atomic E-state index is 10.7. The first kappa shape index (κ1) is 11.3. The van der Waals surface area contributed by atoms with Crippen LogP contribution in [0, 0.1) is 0 Å². The highest BCUT2D eigenvalue weighted by molar-refractivity contribution is 5.79. The minimum atomic E-state index is -0.801. The highest BCUT2D eigenvalue weighted by Crippen LogP contribution is 2.36. The van der Waals surface area contributed by atoms with Crippen LogP contribution in [0.15, 0.2) is 18.2 Å². The van der Waals surface area contributed by atoms with Crippen LogP contribution in [0.4, 0.5) is 0 Å². The van der Waals surface area contributed by atoms with Crippen molar-refractivity contribution in [3.8, 4) is 0 Å². The van der Waals surface area contributed by atoms with Crippen LogP contribution in [0.3, 0.4) is 0 Å². The fourth-order valence-electron chi connectivity index (χ4n) is 2.58. The number of aromatic nitrogens is 2. The van der Waals surface area contributed by atoms with E-state index in [4.69, 9.17) is 5.11 Å². The highest BCUT2D eigenvalue weighted by Gasteiger charge is 2.24. The number of carboxylic acids is 1. The molecule has 4 nitrogen and oxygen atoms in total. The summed E-state index contributed by atoms with van der Waals surface area (Å²) < 4.78 is 2.14. The molecule has 18 heavy (non-hydrogen) atoms. The van der Waals surface area contributed by atoms with Crippen LogP contribution < -0.4 is 0 Å². The number of nitrogens with zero attached hydrogens (tertiary/aromatic N) is 2. The van der Waals surface area contributed by atoms with E-state index in [1.54, 1.807) is 0 Å². The van der Waals surface area contributed by atoms with Crippen LogP contribution in [0.25, 0.3) is 11.0 Å². The van der Waals surface area contributed by atoms with Crippen LogP contribution in [0.5, 0.6) is 0 Å². The van der Waals surface area contributed by atoms with Gasteiger partial charge in [-0.15, -0.1) is 0 Å². The van der Waals surface area contributed by atoms with Crippen molar-refractivity contribution in [3.05, 3.63) is 29.6 Å². The van der Waals surface area contributed by atoms with E-state index in [2.05, 4.69) is 9.55 Å². The van der Waals surface area contributed by atoms with Crippen molar-refractivity contribution >= 4 is 17.0 Å². The molecule has 1 fully saturated rings. The Bertz CT molecular complexity index is 612. The number of aliphatic carboxylic acids is 1. The number of hydrogen-bond donors (Lipinski definition) is 1. The number of imidazole rings is 1. The van der Waals surface area contributed by atoms with E-state index in [0.717, 1.165) is 22.4 Å². The van der Waals surface area contributed by atoms with Gasteiger partial charge in [0, 0.05) is 13.0 Å². The molecule has 1 aliphatic carbocycles. The third-order valence-corrected chi connectivity index (χ3v) is 3.81. The monoisotopic (exact) mass is 244 g/mol. The van der Waals surface area contributed by atoms with E-state index < -0.39 is 5.97 Å². The largest absolute Gasteiger partial charge is 0.481 e. The Labute approximate surface area is 105 Å². The molecule has 0 aliphatic heterocycles. The lowest BCUT2D eigenvalue weighted by atomic mass is 9.85. The lowest BCUT2D eigenvalue weighted by Gasteiger charge is -2.24. The maximum Gasteiger partial charge on any atom is 0.307 e. The number of aryl methyl sites for hydroxylation is 1. The SMILES string of the molecule is Cn1c(C2CCC2)nc2cc(CC(=O)O)ccc21. The van der Waals surface area contributed by atoms with Crippen LogP contribution in [0.1, 0.15) is 36.6 Å². The van der Waals surface area contributed by atoms with Crippen molar-refractivity contribution in [2.75, 3.05) is 0 Å². The number of carboxylic acid groups (broad SMARTS) is 1. The van der Waals surface area contributed by atoms with Crippen molar-refractivity contribution in [2.45, 2.75) is 31.6 Å². The third-order valence-electron chi connectivity index (χ3n) is 3.81. The Morgan fingerprint density at radius 2 is 2.28 bits per heavy atom. The van der Waals surface area contributed by atoms with Gasteiger partial charge in [0.05, 0.1) is 17.5 Å². The zero-order chi connectivity index (χ0) is 12.7. The predicted octanol–water partition coefficient (Wildman–Crippen LogP) is 2.47. The fourth-order valence-corrected chi connectivity index (χ4v) is 2.58. The second-order valence-corrected chi connectivity index (χ2v) is 5.05. The molecule has 1 saturated carbocycles. The molecule has 1 aliphatic rings. The molecule has 0 saturated heterocycles. The van der Waals surface area contributed by atoms with Crippen molar-refractivity contribution < 1.29 is 9.90 Å². The van der Waals surface area contributed by atoms with Crippen molar-refractivity contribution in [3.63, 3.8) is 0 Å². The summed E-state index contributed by atoms with van der Waals surface area (Å²) in [6.07, 6.45) is 3.79. The molecule has 0 spiro atoms. The summed E-state index contributed by atoms with van der Waals surface area (Å²) in [5, 5.41) is 8.81. The van der Waals surface area contributed by atoms with Gasteiger partial charge in [-0.05, 0) is 30.5 Å². The van der Waals surface area contributed by atoms with Crippen LogP contribution in [-0.4, -0.2) is 20.6 Å². The third kappa shape index (κ3) is 1.78. The topological polar surface area (TPSA) is 55.1 Å². The zero-order valence-corrected chi connectivity index (χ0v) is 10.4. The van der Waals surface area contributed by atoms with Crippen molar-refractivity contribution in [1.82, 2.24) is 9.55 Å². The first-order chi connectivity index (χ1) is 8.65. The van der Waals surface area contributed by atoms with Gasteiger partial charge in [-0.25, -0.2) is 4.98 Å². The number of hydrogen-bond acceptors (Lipinski definition) is 2. The molecule has 1 aromatic heterocycles. The first-order valence-corrected chi connectivity index (χ1v) is 6.32. The van der Waals surface area contributed by atoms with Crippen molar-refractivity contribution in [2.24, 2.45) is 7.05 Å². The van der Waals surface area contributed by atoms with Gasteiger partial charge < -0.3 is 9.67 Å². The molecule has 1 heterocycles. The average molecular weight is 244 g/mol. The van der Waals surface area contributed by atoms with Gasteiger partial charge in [-0.3, -0.25) is 4.79 Å². The van der Waals surface area contributed by atoms with Gasteiger partial charge in [0.15, 0.2) is 0 Å². The number of fused-ring (bicyclic) bond motifs is 1. The molecular formula is C14H16N2O2. The second kappa shape index (κ2) is 4.12. The van der Waals surface area contributed by atoms with Crippen molar-refractivity contribution in [1.29, 1.82) is 0 Å². The Morgan fingerprint density at radius 3 is 2.89 bits per heavy atom. The standard InChI is InChI=1S/C14H16N2O2/c1-16-12-6-5-9(8-13(17)18)7-11(12)15-14(16)10-3-2-4-10/h5-7,10H,2-4,8H2,1H3,(H,17,18). The van der Waals surface area contributed by atoms with E-state index >= 15 is 0 Å². The van der Waals surface area contributed by atoms with Crippen LogP contribution in [0.2, 0.25) is 0 Å². The lowest BCUT2D eigenvalue weighted by molar-refractivity contribution is -0.136. The number of benzene rings is 1. The molecule has 0 atom stereocenters. The first-order valence-electron chi connectivity index (χ1n) is 6.32. The summed E-state index contributed by atoms with van der Waals surface area (Å²) in [6, 6.07) is 5.75. The number of carbonyl (C=O) groups is 1. The molecule has 0 unspecified atom stereocenters. The fraction of sp³-hybridized carbons (Fsp3) is 0.429. The van der Waals surface area contributed by atoms with Gasteiger partial charge in [0.1, 0.15) is 5.82 Å². The molecule has 94 valence electrons. The number of rotatable bonds is 3. The average Bonchev–Trinajstić information content (AvgIpc) is 2.53. The van der Waals surface area contributed by atoms with Gasteiger partial charge in [-0.1, -0.05) is 12.5 Å². The molecule has 0 amide bonds.